The normalized spacial score (nSPS) is 26.3. The number of hydrogen-bond acceptors (Lipinski definition) is 5. The van der Waals surface area contributed by atoms with E-state index in [4.69, 9.17) is 4.74 Å². The molecule has 2 aliphatic rings. The summed E-state index contributed by atoms with van der Waals surface area (Å²) in [6.07, 6.45) is 2.23. The Morgan fingerprint density at radius 3 is 2.45 bits per heavy atom. The Morgan fingerprint density at radius 2 is 1.79 bits per heavy atom. The van der Waals surface area contributed by atoms with Crippen molar-refractivity contribution in [2.24, 2.45) is 5.92 Å². The summed E-state index contributed by atoms with van der Waals surface area (Å²) in [5, 5.41) is 3.75. The van der Waals surface area contributed by atoms with E-state index in [0.717, 1.165) is 41.1 Å². The van der Waals surface area contributed by atoms with Gasteiger partial charge in [-0.2, -0.15) is 0 Å². The van der Waals surface area contributed by atoms with Crippen LogP contribution in [0.5, 0.6) is 5.75 Å². The number of sulfonamides is 1. The lowest BCUT2D eigenvalue weighted by atomic mass is 9.96. The van der Waals surface area contributed by atoms with Crippen LogP contribution in [0.25, 0.3) is 0 Å². The average Bonchev–Trinajstić information content (AvgIpc) is 3.51. The first-order chi connectivity index (χ1) is 15.7. The number of benzene rings is 2. The van der Waals surface area contributed by atoms with Crippen LogP contribution < -0.4 is 14.8 Å². The number of quaternary nitrogens is 1. The molecule has 0 spiro atoms. The fraction of sp³-hybridized carbons (Fsp3) is 0.480. The molecule has 0 radical (unpaired) electrons. The van der Waals surface area contributed by atoms with E-state index in [9.17, 15) is 13.2 Å². The number of likely N-dealkylation sites (tertiary alicyclic amines) is 1. The van der Waals surface area contributed by atoms with Crippen LogP contribution in [0.3, 0.4) is 0 Å². The van der Waals surface area contributed by atoms with Gasteiger partial charge in [0.05, 0.1) is 38.7 Å². The van der Waals surface area contributed by atoms with Crippen molar-refractivity contribution in [1.82, 2.24) is 10.0 Å². The van der Waals surface area contributed by atoms with Gasteiger partial charge in [0.15, 0.2) is 0 Å². The van der Waals surface area contributed by atoms with Crippen molar-refractivity contribution in [2.75, 3.05) is 46.1 Å². The summed E-state index contributed by atoms with van der Waals surface area (Å²) in [6.45, 7) is 5.05. The van der Waals surface area contributed by atoms with Gasteiger partial charge in [0.2, 0.25) is 15.9 Å². The number of carbonyl (C=O) groups is 1. The smallest absolute Gasteiger partial charge is 0.237 e. The predicted molar refractivity (Wildman–Crippen MR) is 128 cm³/mol. The molecule has 8 heteroatoms. The summed E-state index contributed by atoms with van der Waals surface area (Å²) in [5.74, 6) is 1.63. The summed E-state index contributed by atoms with van der Waals surface area (Å²) in [4.78, 5) is 11.7. The third-order valence-corrected chi connectivity index (χ3v) is 7.17. The second-order valence-corrected chi connectivity index (χ2v) is 11.6. The summed E-state index contributed by atoms with van der Waals surface area (Å²) in [5.41, 5.74) is 2.19. The zero-order chi connectivity index (χ0) is 23.5. The van der Waals surface area contributed by atoms with Gasteiger partial charge < -0.3 is 14.5 Å². The third kappa shape index (κ3) is 7.03. The summed E-state index contributed by atoms with van der Waals surface area (Å²) in [6, 6.07) is 18.6. The quantitative estimate of drug-likeness (QED) is 0.488. The molecule has 2 fully saturated rings. The van der Waals surface area contributed by atoms with Crippen molar-refractivity contribution in [2.45, 2.75) is 24.8 Å². The number of amides is 1. The molecule has 2 N–H and O–H groups in total. The Bertz CT molecular complexity index is 1050. The van der Waals surface area contributed by atoms with Crippen LogP contribution in [0.15, 0.2) is 54.6 Å². The minimum Gasteiger partial charge on any atom is -0.488 e. The SMILES string of the molecule is C[N+]1(CCOc2ccc(CC(=O)NS(C)(=O)=O)cc2)CC(CN[C@@H]2C[C@H]2c2ccccc2)C1. The highest BCUT2D eigenvalue weighted by molar-refractivity contribution is 7.89. The number of nitrogens with one attached hydrogen (secondary N) is 2. The maximum absolute atomic E-state index is 11.7. The van der Waals surface area contributed by atoms with Crippen LogP contribution in [-0.4, -0.2) is 70.9 Å². The molecule has 1 aliphatic heterocycles. The molecule has 2 aromatic carbocycles. The van der Waals surface area contributed by atoms with Gasteiger partial charge in [-0.1, -0.05) is 42.5 Å². The standard InChI is InChI=1S/C25H33N3O4S/c1-28(17-20(18-28)16-26-24-15-23(24)21-6-4-3-5-7-21)12-13-32-22-10-8-19(9-11-22)14-25(29)27-33(2,30)31/h3-11,20,23-24,26H,12-18H2,1-2H3/p+1/t20?,23-,24+,28?/m0/s1. The topological polar surface area (TPSA) is 84.5 Å². The predicted octanol–water partition coefficient (Wildman–Crippen LogP) is 1.91. The monoisotopic (exact) mass is 472 g/mol. The van der Waals surface area contributed by atoms with Crippen molar-refractivity contribution in [3.63, 3.8) is 0 Å². The molecule has 1 aliphatic carbocycles. The molecule has 1 heterocycles. The first kappa shape index (κ1) is 23.7. The fourth-order valence-corrected chi connectivity index (χ4v) is 5.31. The highest BCUT2D eigenvalue weighted by Gasteiger charge is 2.43. The summed E-state index contributed by atoms with van der Waals surface area (Å²) in [7, 11) is -1.24. The Morgan fingerprint density at radius 1 is 1.09 bits per heavy atom. The lowest BCUT2D eigenvalue weighted by molar-refractivity contribution is -0.956. The maximum Gasteiger partial charge on any atom is 0.237 e. The van der Waals surface area contributed by atoms with E-state index >= 15 is 0 Å². The molecule has 1 amide bonds. The number of nitrogens with zero attached hydrogens (tertiary/aromatic N) is 1. The largest absolute Gasteiger partial charge is 0.488 e. The van der Waals surface area contributed by atoms with E-state index in [-0.39, 0.29) is 6.42 Å². The molecular weight excluding hydrogens is 438 g/mol. The Hall–Kier alpha value is -2.42. The van der Waals surface area contributed by atoms with Gasteiger partial charge >= 0.3 is 0 Å². The molecule has 2 aromatic rings. The van der Waals surface area contributed by atoms with Crippen LogP contribution in [0.1, 0.15) is 23.5 Å². The van der Waals surface area contributed by atoms with Gasteiger partial charge in [-0.3, -0.25) is 9.52 Å². The number of hydrogen-bond donors (Lipinski definition) is 2. The molecule has 2 atom stereocenters. The Labute approximate surface area is 196 Å². The van der Waals surface area contributed by atoms with E-state index < -0.39 is 15.9 Å². The van der Waals surface area contributed by atoms with Crippen molar-refractivity contribution in [3.05, 3.63) is 65.7 Å². The molecule has 1 saturated heterocycles. The van der Waals surface area contributed by atoms with Crippen molar-refractivity contribution < 1.29 is 22.4 Å². The molecule has 33 heavy (non-hydrogen) atoms. The molecule has 1 saturated carbocycles. The minimum atomic E-state index is -3.53. The number of likely N-dealkylation sites (N-methyl/N-ethyl adjacent to an activating group) is 1. The van der Waals surface area contributed by atoms with Crippen LogP contribution >= 0.6 is 0 Å². The molecule has 0 bridgehead atoms. The zero-order valence-corrected chi connectivity index (χ0v) is 20.2. The van der Waals surface area contributed by atoms with Crippen LogP contribution in [0.4, 0.5) is 0 Å². The second kappa shape index (κ2) is 9.83. The fourth-order valence-electron chi connectivity index (χ4n) is 4.83. The number of ether oxygens (including phenoxy) is 1. The van der Waals surface area contributed by atoms with Gasteiger partial charge in [-0.05, 0) is 29.7 Å². The van der Waals surface area contributed by atoms with Crippen LogP contribution in [0.2, 0.25) is 0 Å². The first-order valence-corrected chi connectivity index (χ1v) is 13.4. The van der Waals surface area contributed by atoms with Gasteiger partial charge in [-0.15, -0.1) is 0 Å². The maximum atomic E-state index is 11.7. The Balaban J connectivity index is 1.11. The first-order valence-electron chi connectivity index (χ1n) is 11.5. The number of rotatable bonds is 11. The third-order valence-electron chi connectivity index (χ3n) is 6.57. The molecule has 0 aromatic heterocycles. The van der Waals surface area contributed by atoms with E-state index in [0.29, 0.717) is 18.6 Å². The average molecular weight is 473 g/mol. The van der Waals surface area contributed by atoms with Gasteiger partial charge in [0.1, 0.15) is 18.9 Å². The minimum absolute atomic E-state index is 0.0185. The van der Waals surface area contributed by atoms with Crippen LogP contribution in [0, 0.1) is 5.92 Å². The lowest BCUT2D eigenvalue weighted by Gasteiger charge is -2.47. The van der Waals surface area contributed by atoms with Crippen LogP contribution in [-0.2, 0) is 21.2 Å². The number of carbonyl (C=O) groups excluding carboxylic acids is 1. The summed E-state index contributed by atoms with van der Waals surface area (Å²) >= 11 is 0. The molecule has 7 nitrogen and oxygen atoms in total. The zero-order valence-electron chi connectivity index (χ0n) is 19.4. The van der Waals surface area contributed by atoms with Gasteiger partial charge in [0.25, 0.3) is 0 Å². The van der Waals surface area contributed by atoms with Gasteiger partial charge in [0, 0.05) is 18.5 Å². The second-order valence-electron chi connectivity index (χ2n) is 9.81. The van der Waals surface area contributed by atoms with Crippen molar-refractivity contribution in [3.8, 4) is 5.75 Å². The summed E-state index contributed by atoms with van der Waals surface area (Å²) < 4.78 is 31.1. The van der Waals surface area contributed by atoms with Crippen molar-refractivity contribution in [1.29, 1.82) is 0 Å². The van der Waals surface area contributed by atoms with E-state index in [1.165, 1.54) is 25.1 Å². The molecule has 4 rings (SSSR count). The molecule has 178 valence electrons. The highest BCUT2D eigenvalue weighted by Crippen LogP contribution is 2.40. The van der Waals surface area contributed by atoms with E-state index in [1.54, 1.807) is 12.1 Å². The molecule has 0 unspecified atom stereocenters. The lowest BCUT2D eigenvalue weighted by Crippen LogP contribution is -2.64. The highest BCUT2D eigenvalue weighted by atomic mass is 32.2. The van der Waals surface area contributed by atoms with E-state index in [1.807, 2.05) is 16.9 Å². The molecular formula is C25H34N3O4S+. The van der Waals surface area contributed by atoms with E-state index in [2.05, 4.69) is 42.7 Å². The van der Waals surface area contributed by atoms with Gasteiger partial charge in [-0.25, -0.2) is 8.42 Å². The van der Waals surface area contributed by atoms with Crippen molar-refractivity contribution >= 4 is 15.9 Å². The Kier molecular flexibility index (Phi) is 7.07.